The van der Waals surface area contributed by atoms with Gasteiger partial charge in [-0.1, -0.05) is 35.9 Å². The lowest BCUT2D eigenvalue weighted by Gasteiger charge is -2.17. The minimum atomic E-state index is -0.238. The summed E-state index contributed by atoms with van der Waals surface area (Å²) in [6, 6.07) is 19.5. The molecule has 1 aliphatic heterocycles. The van der Waals surface area contributed by atoms with Gasteiger partial charge in [0.2, 0.25) is 0 Å². The summed E-state index contributed by atoms with van der Waals surface area (Å²) in [5.74, 6) is -0.238. The molecule has 0 bridgehead atoms. The zero-order chi connectivity index (χ0) is 20.4. The van der Waals surface area contributed by atoms with Gasteiger partial charge in [0, 0.05) is 29.4 Å². The number of halogens is 1. The van der Waals surface area contributed by atoms with E-state index in [0.717, 1.165) is 24.3 Å². The van der Waals surface area contributed by atoms with E-state index in [-0.39, 0.29) is 5.91 Å². The average molecular weight is 404 g/mol. The molecule has 0 saturated heterocycles. The molecule has 0 radical (unpaired) electrons. The Morgan fingerprint density at radius 2 is 1.55 bits per heavy atom. The van der Waals surface area contributed by atoms with E-state index >= 15 is 0 Å². The van der Waals surface area contributed by atoms with Crippen molar-refractivity contribution in [2.45, 2.75) is 26.9 Å². The number of aryl methyl sites for hydroxylation is 2. The van der Waals surface area contributed by atoms with E-state index in [1.165, 1.54) is 22.3 Å². The molecule has 5 heteroatoms. The first kappa shape index (κ1) is 19.2. The van der Waals surface area contributed by atoms with Crippen molar-refractivity contribution in [3.05, 3.63) is 99.1 Å². The summed E-state index contributed by atoms with van der Waals surface area (Å²) < 4.78 is 0. The Labute approximate surface area is 175 Å². The summed E-state index contributed by atoms with van der Waals surface area (Å²) in [7, 11) is 0. The number of nitrogens with one attached hydrogen (secondary N) is 1. The highest BCUT2D eigenvalue weighted by atomic mass is 35.5. The fourth-order valence-electron chi connectivity index (χ4n) is 3.48. The van der Waals surface area contributed by atoms with Crippen LogP contribution in [-0.4, -0.2) is 12.1 Å². The molecule has 4 rings (SSSR count). The van der Waals surface area contributed by atoms with E-state index in [2.05, 4.69) is 41.4 Å². The molecule has 0 aliphatic carbocycles. The number of fused-ring (bicyclic) bond motifs is 1. The predicted molar refractivity (Wildman–Crippen MR) is 119 cm³/mol. The van der Waals surface area contributed by atoms with Crippen LogP contribution in [0.1, 0.15) is 38.2 Å². The number of amides is 1. The highest BCUT2D eigenvalue weighted by molar-refractivity contribution is 6.30. The lowest BCUT2D eigenvalue weighted by molar-refractivity contribution is 0.0955. The van der Waals surface area contributed by atoms with Crippen LogP contribution in [0.4, 0.5) is 5.69 Å². The minimum absolute atomic E-state index is 0.238. The number of hydrogen-bond donors (Lipinski definition) is 1. The van der Waals surface area contributed by atoms with Gasteiger partial charge in [-0.15, -0.1) is 0 Å². The van der Waals surface area contributed by atoms with Gasteiger partial charge in [-0.2, -0.15) is 5.10 Å². The first-order chi connectivity index (χ1) is 14.0. The summed E-state index contributed by atoms with van der Waals surface area (Å²) in [4.78, 5) is 14.6. The van der Waals surface area contributed by atoms with Crippen molar-refractivity contribution in [3.63, 3.8) is 0 Å². The Morgan fingerprint density at radius 3 is 2.14 bits per heavy atom. The Bertz CT molecular complexity index is 1040. The molecule has 29 heavy (non-hydrogen) atoms. The maximum Gasteiger partial charge on any atom is 0.271 e. The van der Waals surface area contributed by atoms with Gasteiger partial charge in [-0.05, 0) is 78.1 Å². The molecule has 1 aliphatic rings. The molecule has 0 aromatic heterocycles. The van der Waals surface area contributed by atoms with Crippen LogP contribution in [-0.2, 0) is 13.1 Å². The number of carbonyl (C=O) groups excluding carboxylic acids is 1. The molecule has 0 spiro atoms. The van der Waals surface area contributed by atoms with Crippen LogP contribution in [0, 0.1) is 13.8 Å². The number of hydrogen-bond acceptors (Lipinski definition) is 3. The Balaban J connectivity index is 1.39. The van der Waals surface area contributed by atoms with Crippen molar-refractivity contribution in [2.24, 2.45) is 5.10 Å². The van der Waals surface area contributed by atoms with Gasteiger partial charge in [0.05, 0.1) is 6.21 Å². The SMILES string of the molecule is Cc1cc2c(cc1C)CN(c1ccc(C(=O)N/N=C\c3ccc(Cl)cc3)cc1)C2. The molecule has 0 fully saturated rings. The normalized spacial score (nSPS) is 13.0. The van der Waals surface area contributed by atoms with Crippen LogP contribution in [0.3, 0.4) is 0 Å². The molecule has 0 unspecified atom stereocenters. The molecule has 146 valence electrons. The lowest BCUT2D eigenvalue weighted by Crippen LogP contribution is -2.18. The van der Waals surface area contributed by atoms with Gasteiger partial charge in [-0.3, -0.25) is 4.79 Å². The van der Waals surface area contributed by atoms with Crippen molar-refractivity contribution in [1.29, 1.82) is 0 Å². The van der Waals surface area contributed by atoms with Crippen molar-refractivity contribution in [2.75, 3.05) is 4.90 Å². The van der Waals surface area contributed by atoms with Gasteiger partial charge in [0.25, 0.3) is 5.91 Å². The Kier molecular flexibility index (Phi) is 5.36. The number of nitrogens with zero attached hydrogens (tertiary/aromatic N) is 2. The zero-order valence-electron chi connectivity index (χ0n) is 16.4. The Hall–Kier alpha value is -3.11. The fourth-order valence-corrected chi connectivity index (χ4v) is 3.61. The lowest BCUT2D eigenvalue weighted by atomic mass is 10.0. The monoisotopic (exact) mass is 403 g/mol. The third-order valence-electron chi connectivity index (χ3n) is 5.28. The maximum atomic E-state index is 12.3. The topological polar surface area (TPSA) is 44.7 Å². The van der Waals surface area contributed by atoms with E-state index in [1.54, 1.807) is 18.3 Å². The molecule has 1 amide bonds. The Morgan fingerprint density at radius 1 is 0.966 bits per heavy atom. The molecule has 0 atom stereocenters. The standard InChI is InChI=1S/C24H22ClN3O/c1-16-11-20-14-28(15-21(20)12-17(16)2)23-9-5-19(6-10-23)24(29)27-26-13-18-3-7-22(25)8-4-18/h3-13H,14-15H2,1-2H3,(H,27,29)/b26-13-. The van der Waals surface area contributed by atoms with Crippen molar-refractivity contribution >= 4 is 29.4 Å². The van der Waals surface area contributed by atoms with Crippen LogP contribution < -0.4 is 10.3 Å². The predicted octanol–water partition coefficient (Wildman–Crippen LogP) is 5.24. The van der Waals surface area contributed by atoms with Crippen LogP contribution in [0.2, 0.25) is 5.02 Å². The van der Waals surface area contributed by atoms with Gasteiger partial charge in [0.15, 0.2) is 0 Å². The van der Waals surface area contributed by atoms with Crippen LogP contribution in [0.15, 0.2) is 65.8 Å². The van der Waals surface area contributed by atoms with Gasteiger partial charge >= 0.3 is 0 Å². The second-order valence-electron chi connectivity index (χ2n) is 7.36. The zero-order valence-corrected chi connectivity index (χ0v) is 17.2. The maximum absolute atomic E-state index is 12.3. The number of anilines is 1. The van der Waals surface area contributed by atoms with Crippen LogP contribution in [0.25, 0.3) is 0 Å². The summed E-state index contributed by atoms with van der Waals surface area (Å²) in [5.41, 5.74) is 10.5. The number of carbonyl (C=O) groups is 1. The largest absolute Gasteiger partial charge is 0.363 e. The van der Waals surface area contributed by atoms with Crippen LogP contribution in [0.5, 0.6) is 0 Å². The van der Waals surface area contributed by atoms with Gasteiger partial charge in [0.1, 0.15) is 0 Å². The minimum Gasteiger partial charge on any atom is -0.363 e. The van der Waals surface area contributed by atoms with E-state index in [4.69, 9.17) is 11.6 Å². The summed E-state index contributed by atoms with van der Waals surface area (Å²) >= 11 is 5.86. The summed E-state index contributed by atoms with van der Waals surface area (Å²) in [5, 5.41) is 4.68. The summed E-state index contributed by atoms with van der Waals surface area (Å²) in [6.45, 7) is 6.10. The van der Waals surface area contributed by atoms with Crippen molar-refractivity contribution < 1.29 is 4.79 Å². The van der Waals surface area contributed by atoms with Crippen molar-refractivity contribution in [3.8, 4) is 0 Å². The second-order valence-corrected chi connectivity index (χ2v) is 7.80. The summed E-state index contributed by atoms with van der Waals surface area (Å²) in [6.07, 6.45) is 1.59. The van der Waals surface area contributed by atoms with Crippen molar-refractivity contribution in [1.82, 2.24) is 5.43 Å². The van der Waals surface area contributed by atoms with Gasteiger partial charge < -0.3 is 4.90 Å². The van der Waals surface area contributed by atoms with E-state index in [1.807, 2.05) is 36.4 Å². The number of hydrazone groups is 1. The molecule has 0 saturated carbocycles. The molecule has 1 N–H and O–H groups in total. The highest BCUT2D eigenvalue weighted by Gasteiger charge is 2.20. The second kappa shape index (κ2) is 8.10. The molecule has 3 aromatic carbocycles. The third kappa shape index (κ3) is 4.33. The molecular formula is C24H22ClN3O. The molecular weight excluding hydrogens is 382 g/mol. The van der Waals surface area contributed by atoms with E-state index in [0.29, 0.717) is 10.6 Å². The highest BCUT2D eigenvalue weighted by Crippen LogP contribution is 2.30. The first-order valence-corrected chi connectivity index (χ1v) is 9.90. The van der Waals surface area contributed by atoms with Crippen LogP contribution >= 0.6 is 11.6 Å². The van der Waals surface area contributed by atoms with E-state index < -0.39 is 0 Å². The first-order valence-electron chi connectivity index (χ1n) is 9.52. The molecule has 4 nitrogen and oxygen atoms in total. The number of benzene rings is 3. The smallest absolute Gasteiger partial charge is 0.271 e. The quantitative estimate of drug-likeness (QED) is 0.478. The fraction of sp³-hybridized carbons (Fsp3) is 0.167. The van der Waals surface area contributed by atoms with Gasteiger partial charge in [-0.25, -0.2) is 5.43 Å². The van der Waals surface area contributed by atoms with E-state index in [9.17, 15) is 4.79 Å². The molecule has 1 heterocycles. The average Bonchev–Trinajstić information content (AvgIpc) is 3.12. The number of rotatable bonds is 4. The molecule has 3 aromatic rings. The third-order valence-corrected chi connectivity index (χ3v) is 5.53.